The minimum Gasteiger partial charge on any atom is -0.493 e. The molecule has 0 saturated carbocycles. The molecule has 1 fully saturated rings. The zero-order chi connectivity index (χ0) is 20.3. The number of para-hydroxylation sites is 2. The summed E-state index contributed by atoms with van der Waals surface area (Å²) in [5.41, 5.74) is 2.63. The highest BCUT2D eigenvalue weighted by Gasteiger charge is 2.26. The summed E-state index contributed by atoms with van der Waals surface area (Å²) < 4.78 is 23.3. The molecule has 1 atom stereocenters. The van der Waals surface area contributed by atoms with Crippen LogP contribution >= 0.6 is 0 Å². The Morgan fingerprint density at radius 1 is 1.03 bits per heavy atom. The average Bonchev–Trinajstić information content (AvgIpc) is 3.28. The lowest BCUT2D eigenvalue weighted by Crippen LogP contribution is -2.42. The molecule has 1 unspecified atom stereocenters. The van der Waals surface area contributed by atoms with Crippen LogP contribution in [0.4, 0.5) is 5.69 Å². The van der Waals surface area contributed by atoms with E-state index in [0.29, 0.717) is 18.3 Å². The highest BCUT2D eigenvalue weighted by Crippen LogP contribution is 2.40. The number of nitrogens with zero attached hydrogens (tertiary/aromatic N) is 1. The van der Waals surface area contributed by atoms with Gasteiger partial charge in [-0.15, -0.1) is 0 Å². The summed E-state index contributed by atoms with van der Waals surface area (Å²) in [6, 6.07) is 12.3. The van der Waals surface area contributed by atoms with Crippen LogP contribution in [0.1, 0.15) is 18.4 Å². The van der Waals surface area contributed by atoms with Crippen molar-refractivity contribution in [1.29, 1.82) is 0 Å². The van der Waals surface area contributed by atoms with Crippen LogP contribution in [0.5, 0.6) is 23.0 Å². The second-order valence-electron chi connectivity index (χ2n) is 8.29. The molecule has 6 nitrogen and oxygen atoms in total. The number of methoxy groups -OCH3 is 1. The quantitative estimate of drug-likeness (QED) is 0.789. The number of hydrogen-bond acceptors (Lipinski definition) is 6. The predicted molar refractivity (Wildman–Crippen MR) is 116 cm³/mol. The first-order chi connectivity index (χ1) is 14.8. The molecule has 0 amide bonds. The molecule has 1 saturated heterocycles. The van der Waals surface area contributed by atoms with Crippen molar-refractivity contribution in [1.82, 2.24) is 5.32 Å². The molecule has 1 N–H and O–H groups in total. The number of fused-ring (bicyclic) bond motifs is 2. The number of hydrogen-bond donors (Lipinski definition) is 1. The number of benzene rings is 2. The van der Waals surface area contributed by atoms with Gasteiger partial charge in [0.05, 0.1) is 19.4 Å². The summed E-state index contributed by atoms with van der Waals surface area (Å²) in [6.07, 6.45) is 3.41. The number of piperidine rings is 1. The maximum absolute atomic E-state index is 6.13. The number of anilines is 1. The van der Waals surface area contributed by atoms with Gasteiger partial charge in [0.1, 0.15) is 18.5 Å². The van der Waals surface area contributed by atoms with Crippen molar-refractivity contribution >= 4 is 5.69 Å². The Bertz CT molecular complexity index is 865. The van der Waals surface area contributed by atoms with Crippen LogP contribution < -0.4 is 29.2 Å². The maximum atomic E-state index is 6.13. The molecule has 3 heterocycles. The van der Waals surface area contributed by atoms with Gasteiger partial charge in [0, 0.05) is 26.1 Å². The van der Waals surface area contributed by atoms with E-state index in [2.05, 4.69) is 28.4 Å². The fraction of sp³-hybridized carbons (Fsp3) is 0.500. The Kier molecular flexibility index (Phi) is 5.58. The van der Waals surface area contributed by atoms with Gasteiger partial charge in [0.25, 0.3) is 0 Å². The maximum Gasteiger partial charge on any atom is 0.204 e. The summed E-state index contributed by atoms with van der Waals surface area (Å²) in [7, 11) is 1.66. The number of ether oxygens (including phenoxy) is 4. The van der Waals surface area contributed by atoms with E-state index in [1.807, 2.05) is 18.2 Å². The predicted octanol–water partition coefficient (Wildman–Crippen LogP) is 3.28. The van der Waals surface area contributed by atoms with E-state index < -0.39 is 0 Å². The van der Waals surface area contributed by atoms with Crippen LogP contribution in [0, 0.1) is 5.92 Å². The average molecular weight is 411 g/mol. The third-order valence-electron chi connectivity index (χ3n) is 6.33. The zero-order valence-corrected chi connectivity index (χ0v) is 17.6. The van der Waals surface area contributed by atoms with E-state index in [9.17, 15) is 0 Å². The molecule has 5 rings (SSSR count). The highest BCUT2D eigenvalue weighted by atomic mass is 16.6. The van der Waals surface area contributed by atoms with Gasteiger partial charge in [0.2, 0.25) is 5.75 Å². The third-order valence-corrected chi connectivity index (χ3v) is 6.33. The third kappa shape index (κ3) is 3.88. The fourth-order valence-electron chi connectivity index (χ4n) is 4.64. The molecule has 0 aromatic heterocycles. The number of nitrogens with one attached hydrogen (secondary N) is 1. The van der Waals surface area contributed by atoms with Crippen molar-refractivity contribution in [3.63, 3.8) is 0 Å². The monoisotopic (exact) mass is 410 g/mol. The van der Waals surface area contributed by atoms with Crippen molar-refractivity contribution in [2.45, 2.75) is 25.4 Å². The van der Waals surface area contributed by atoms with Gasteiger partial charge in [-0.2, -0.15) is 0 Å². The van der Waals surface area contributed by atoms with E-state index in [1.54, 1.807) is 7.11 Å². The van der Waals surface area contributed by atoms with Crippen molar-refractivity contribution in [2.75, 3.05) is 51.4 Å². The molecule has 3 aliphatic heterocycles. The summed E-state index contributed by atoms with van der Waals surface area (Å²) in [5.74, 6) is 3.99. The lowest BCUT2D eigenvalue weighted by atomic mass is 9.96. The molecule has 0 aliphatic carbocycles. The van der Waals surface area contributed by atoms with Crippen molar-refractivity contribution in [3.8, 4) is 23.0 Å². The van der Waals surface area contributed by atoms with Gasteiger partial charge in [-0.1, -0.05) is 18.2 Å². The van der Waals surface area contributed by atoms with Crippen LogP contribution in [0.25, 0.3) is 0 Å². The Morgan fingerprint density at radius 2 is 1.90 bits per heavy atom. The van der Waals surface area contributed by atoms with Crippen LogP contribution in [-0.4, -0.2) is 52.6 Å². The summed E-state index contributed by atoms with van der Waals surface area (Å²) in [4.78, 5) is 2.49. The van der Waals surface area contributed by atoms with Crippen LogP contribution in [0.3, 0.4) is 0 Å². The summed E-state index contributed by atoms with van der Waals surface area (Å²) in [6.45, 7) is 5.33. The Balaban J connectivity index is 1.09. The second-order valence-corrected chi connectivity index (χ2v) is 8.29. The molecule has 0 spiro atoms. The lowest BCUT2D eigenvalue weighted by Gasteiger charge is -2.35. The smallest absolute Gasteiger partial charge is 0.204 e. The molecule has 3 aliphatic rings. The molecule has 2 aromatic rings. The van der Waals surface area contributed by atoms with E-state index in [-0.39, 0.29) is 6.10 Å². The largest absolute Gasteiger partial charge is 0.493 e. The minimum atomic E-state index is -0.00190. The SMILES string of the molecule is COc1cccc2c1OC(CNCC1CCN(c3cccc4c3OCC4)CC1)CO2. The normalized spacial score (nSPS) is 20.6. The molecular formula is C24H30N2O4. The van der Waals surface area contributed by atoms with Crippen molar-refractivity contribution < 1.29 is 18.9 Å². The first kappa shape index (κ1) is 19.4. The molecule has 6 heteroatoms. The van der Waals surface area contributed by atoms with Gasteiger partial charge in [0.15, 0.2) is 11.5 Å². The van der Waals surface area contributed by atoms with Crippen molar-refractivity contribution in [3.05, 3.63) is 42.0 Å². The number of rotatable bonds is 6. The van der Waals surface area contributed by atoms with E-state index in [1.165, 1.54) is 24.1 Å². The van der Waals surface area contributed by atoms with Gasteiger partial charge < -0.3 is 29.2 Å². The Morgan fingerprint density at radius 3 is 2.77 bits per heavy atom. The summed E-state index contributed by atoms with van der Waals surface area (Å²) in [5, 5.41) is 3.60. The first-order valence-corrected chi connectivity index (χ1v) is 11.0. The Labute approximate surface area is 178 Å². The molecule has 0 radical (unpaired) electrons. The summed E-state index contributed by atoms with van der Waals surface area (Å²) >= 11 is 0. The molecule has 0 bridgehead atoms. The van der Waals surface area contributed by atoms with E-state index in [4.69, 9.17) is 18.9 Å². The minimum absolute atomic E-state index is 0.00190. The second kappa shape index (κ2) is 8.64. The molecule has 2 aromatic carbocycles. The van der Waals surface area contributed by atoms with Gasteiger partial charge in [-0.05, 0) is 49.1 Å². The van der Waals surface area contributed by atoms with Crippen LogP contribution in [-0.2, 0) is 6.42 Å². The lowest BCUT2D eigenvalue weighted by molar-refractivity contribution is 0.0855. The first-order valence-electron chi connectivity index (χ1n) is 11.0. The molecule has 160 valence electrons. The fourth-order valence-corrected chi connectivity index (χ4v) is 4.64. The van der Waals surface area contributed by atoms with E-state index in [0.717, 1.165) is 56.5 Å². The molecular weight excluding hydrogens is 380 g/mol. The van der Waals surface area contributed by atoms with E-state index >= 15 is 0 Å². The van der Waals surface area contributed by atoms with Gasteiger partial charge >= 0.3 is 0 Å². The standard InChI is InChI=1S/C24H30N2O4/c1-27-21-6-3-7-22-24(21)30-19(16-29-22)15-25-14-17-8-11-26(12-9-17)20-5-2-4-18-10-13-28-23(18)20/h2-7,17,19,25H,8-16H2,1H3. The van der Waals surface area contributed by atoms with Crippen LogP contribution in [0.15, 0.2) is 36.4 Å². The highest BCUT2D eigenvalue weighted by molar-refractivity contribution is 5.63. The molecule has 30 heavy (non-hydrogen) atoms. The van der Waals surface area contributed by atoms with Crippen LogP contribution in [0.2, 0.25) is 0 Å². The Hall–Kier alpha value is -2.60. The topological polar surface area (TPSA) is 52.2 Å². The zero-order valence-electron chi connectivity index (χ0n) is 17.6. The van der Waals surface area contributed by atoms with Gasteiger partial charge in [-0.3, -0.25) is 0 Å². The van der Waals surface area contributed by atoms with Crippen molar-refractivity contribution in [2.24, 2.45) is 5.92 Å². The van der Waals surface area contributed by atoms with Gasteiger partial charge in [-0.25, -0.2) is 0 Å².